The van der Waals surface area contributed by atoms with Gasteiger partial charge in [0.15, 0.2) is 0 Å². The highest BCUT2D eigenvalue weighted by molar-refractivity contribution is 7.92. The summed E-state index contributed by atoms with van der Waals surface area (Å²) in [6.07, 6.45) is 5.12. The van der Waals surface area contributed by atoms with E-state index in [9.17, 15) is 22.4 Å². The van der Waals surface area contributed by atoms with E-state index >= 15 is 0 Å². The van der Waals surface area contributed by atoms with Gasteiger partial charge in [-0.05, 0) is 48.2 Å². The Labute approximate surface area is 229 Å². The number of nitrogens with one attached hydrogen (secondary N) is 1. The van der Waals surface area contributed by atoms with Gasteiger partial charge in [0.2, 0.25) is 21.8 Å². The predicted molar refractivity (Wildman–Crippen MR) is 150 cm³/mol. The molecule has 1 aliphatic carbocycles. The first-order valence-corrected chi connectivity index (χ1v) is 15.0. The molecule has 1 fully saturated rings. The van der Waals surface area contributed by atoms with Gasteiger partial charge in [-0.3, -0.25) is 13.9 Å². The third-order valence-electron chi connectivity index (χ3n) is 6.96. The van der Waals surface area contributed by atoms with E-state index < -0.39 is 34.3 Å². The average Bonchev–Trinajstić information content (AvgIpc) is 3.43. The Morgan fingerprint density at radius 2 is 1.49 bits per heavy atom. The number of nitrogens with zero attached hydrogens (tertiary/aromatic N) is 2. The number of hydrogen-bond donors (Lipinski definition) is 1. The van der Waals surface area contributed by atoms with Crippen LogP contribution in [0.5, 0.6) is 0 Å². The molecule has 1 N–H and O–H groups in total. The van der Waals surface area contributed by atoms with Gasteiger partial charge in [0.05, 0.1) is 11.9 Å². The van der Waals surface area contributed by atoms with Crippen LogP contribution in [-0.2, 0) is 32.6 Å². The molecule has 7 nitrogen and oxygen atoms in total. The minimum absolute atomic E-state index is 0.0150. The molecule has 2 amide bonds. The van der Waals surface area contributed by atoms with E-state index in [1.165, 1.54) is 17.0 Å². The number of benzene rings is 3. The minimum atomic E-state index is -3.81. The number of sulfonamides is 1. The third kappa shape index (κ3) is 7.89. The van der Waals surface area contributed by atoms with Gasteiger partial charge in [-0.1, -0.05) is 73.5 Å². The fourth-order valence-corrected chi connectivity index (χ4v) is 5.77. The number of carbonyl (C=O) groups is 2. The summed E-state index contributed by atoms with van der Waals surface area (Å²) in [4.78, 5) is 29.2. The molecule has 4 rings (SSSR count). The van der Waals surface area contributed by atoms with Crippen molar-refractivity contribution < 1.29 is 22.4 Å². The number of anilines is 1. The molecule has 39 heavy (non-hydrogen) atoms. The summed E-state index contributed by atoms with van der Waals surface area (Å²) < 4.78 is 40.2. The highest BCUT2D eigenvalue weighted by Crippen LogP contribution is 2.22. The molecular weight excluding hydrogens is 517 g/mol. The first-order valence-electron chi connectivity index (χ1n) is 13.1. The van der Waals surface area contributed by atoms with Gasteiger partial charge < -0.3 is 10.2 Å². The largest absolute Gasteiger partial charge is 0.352 e. The molecule has 3 aromatic carbocycles. The Bertz CT molecular complexity index is 1350. The van der Waals surface area contributed by atoms with Gasteiger partial charge >= 0.3 is 0 Å². The van der Waals surface area contributed by atoms with Crippen molar-refractivity contribution in [2.45, 2.75) is 50.7 Å². The molecule has 9 heteroatoms. The molecule has 3 aromatic rings. The van der Waals surface area contributed by atoms with E-state index in [1.807, 2.05) is 30.3 Å². The second-order valence-corrected chi connectivity index (χ2v) is 11.9. The van der Waals surface area contributed by atoms with Crippen LogP contribution in [0, 0.1) is 5.82 Å². The van der Waals surface area contributed by atoms with E-state index in [-0.39, 0.29) is 24.9 Å². The van der Waals surface area contributed by atoms with Crippen LogP contribution in [0.2, 0.25) is 0 Å². The van der Waals surface area contributed by atoms with Gasteiger partial charge in [-0.25, -0.2) is 12.8 Å². The lowest BCUT2D eigenvalue weighted by Crippen LogP contribution is -2.54. The number of carbonyl (C=O) groups excluding carboxylic acids is 2. The normalized spacial score (nSPS) is 14.5. The Kier molecular flexibility index (Phi) is 9.35. The zero-order valence-electron chi connectivity index (χ0n) is 22.0. The highest BCUT2D eigenvalue weighted by atomic mass is 32.2. The lowest BCUT2D eigenvalue weighted by molar-refractivity contribution is -0.140. The van der Waals surface area contributed by atoms with Gasteiger partial charge in [0.1, 0.15) is 18.4 Å². The Balaban J connectivity index is 1.70. The molecule has 0 heterocycles. The summed E-state index contributed by atoms with van der Waals surface area (Å²) in [6.45, 7) is -0.465. The van der Waals surface area contributed by atoms with Crippen molar-refractivity contribution in [3.05, 3.63) is 102 Å². The van der Waals surface area contributed by atoms with Crippen LogP contribution in [0.4, 0.5) is 10.1 Å². The molecule has 0 radical (unpaired) electrons. The van der Waals surface area contributed by atoms with Crippen molar-refractivity contribution in [2.24, 2.45) is 0 Å². The lowest BCUT2D eigenvalue weighted by atomic mass is 10.0. The van der Waals surface area contributed by atoms with Crippen LogP contribution >= 0.6 is 0 Å². The summed E-state index contributed by atoms with van der Waals surface area (Å²) in [6, 6.07) is 22.7. The van der Waals surface area contributed by atoms with Crippen LogP contribution < -0.4 is 9.62 Å². The van der Waals surface area contributed by atoms with Crippen molar-refractivity contribution in [1.82, 2.24) is 10.2 Å². The van der Waals surface area contributed by atoms with Crippen molar-refractivity contribution in [3.8, 4) is 0 Å². The second kappa shape index (κ2) is 12.9. The quantitative estimate of drug-likeness (QED) is 0.385. The second-order valence-electron chi connectivity index (χ2n) is 9.95. The maximum Gasteiger partial charge on any atom is 0.244 e. The van der Waals surface area contributed by atoms with Gasteiger partial charge in [-0.2, -0.15) is 0 Å². The summed E-state index contributed by atoms with van der Waals surface area (Å²) in [7, 11) is -3.81. The third-order valence-corrected chi connectivity index (χ3v) is 8.10. The molecular formula is C30H34FN3O4S. The number of para-hydroxylation sites is 1. The number of hydrogen-bond acceptors (Lipinski definition) is 4. The number of rotatable bonds is 11. The first-order chi connectivity index (χ1) is 18.7. The maximum absolute atomic E-state index is 14.0. The molecule has 1 aliphatic rings. The first kappa shape index (κ1) is 28.3. The Morgan fingerprint density at radius 3 is 2.08 bits per heavy atom. The van der Waals surface area contributed by atoms with Gasteiger partial charge in [0, 0.05) is 19.0 Å². The Hall–Kier alpha value is -3.72. The van der Waals surface area contributed by atoms with E-state index in [0.717, 1.165) is 41.8 Å². The van der Waals surface area contributed by atoms with E-state index in [2.05, 4.69) is 5.32 Å². The standard InChI is InChI=1S/C30H34FN3O4S/c1-39(37,38)34(27-14-6-3-7-15-27)22-29(35)33(21-24-16-18-25(31)19-17-24)28(20-23-10-4-2-5-11-23)30(36)32-26-12-8-9-13-26/h2-7,10-11,14-19,26,28H,8-9,12-13,20-22H2,1H3,(H,32,36)/t28-/m0/s1. The zero-order chi connectivity index (χ0) is 27.8. The SMILES string of the molecule is CS(=O)(=O)N(CC(=O)N(Cc1ccc(F)cc1)[C@@H](Cc1ccccc1)C(=O)NC1CCCC1)c1ccccc1. The summed E-state index contributed by atoms with van der Waals surface area (Å²) in [5, 5.41) is 3.12. The van der Waals surface area contributed by atoms with E-state index in [4.69, 9.17) is 0 Å². The van der Waals surface area contributed by atoms with Crippen LogP contribution in [0.25, 0.3) is 0 Å². The lowest BCUT2D eigenvalue weighted by Gasteiger charge is -2.34. The summed E-state index contributed by atoms with van der Waals surface area (Å²) in [5.74, 6) is -1.23. The number of halogens is 1. The molecule has 206 valence electrons. The van der Waals surface area contributed by atoms with Crippen molar-refractivity contribution >= 4 is 27.5 Å². The van der Waals surface area contributed by atoms with E-state index in [0.29, 0.717) is 11.3 Å². The molecule has 0 bridgehead atoms. The topological polar surface area (TPSA) is 86.8 Å². The van der Waals surface area contributed by atoms with Gasteiger partial charge in [0.25, 0.3) is 0 Å². The van der Waals surface area contributed by atoms with Crippen molar-refractivity contribution in [1.29, 1.82) is 0 Å². The average molecular weight is 552 g/mol. The van der Waals surface area contributed by atoms with Crippen LogP contribution in [0.3, 0.4) is 0 Å². The smallest absolute Gasteiger partial charge is 0.244 e. The molecule has 0 spiro atoms. The minimum Gasteiger partial charge on any atom is -0.352 e. The van der Waals surface area contributed by atoms with Crippen molar-refractivity contribution in [3.63, 3.8) is 0 Å². The fourth-order valence-electron chi connectivity index (χ4n) is 4.92. The molecule has 0 aromatic heterocycles. The molecule has 1 atom stereocenters. The zero-order valence-corrected chi connectivity index (χ0v) is 22.8. The van der Waals surface area contributed by atoms with Crippen LogP contribution in [0.15, 0.2) is 84.9 Å². The van der Waals surface area contributed by atoms with Crippen LogP contribution in [-0.4, -0.2) is 50.0 Å². The summed E-state index contributed by atoms with van der Waals surface area (Å²) in [5.41, 5.74) is 1.84. The fraction of sp³-hybridized carbons (Fsp3) is 0.333. The predicted octanol–water partition coefficient (Wildman–Crippen LogP) is 4.29. The number of amides is 2. The van der Waals surface area contributed by atoms with Crippen LogP contribution in [0.1, 0.15) is 36.8 Å². The van der Waals surface area contributed by atoms with E-state index in [1.54, 1.807) is 42.5 Å². The molecule has 0 saturated heterocycles. The molecule has 0 aliphatic heterocycles. The van der Waals surface area contributed by atoms with Crippen molar-refractivity contribution in [2.75, 3.05) is 17.1 Å². The maximum atomic E-state index is 14.0. The van der Waals surface area contributed by atoms with Gasteiger partial charge in [-0.15, -0.1) is 0 Å². The highest BCUT2D eigenvalue weighted by Gasteiger charge is 2.34. The summed E-state index contributed by atoms with van der Waals surface area (Å²) >= 11 is 0. The monoisotopic (exact) mass is 551 g/mol. The molecule has 1 saturated carbocycles. The molecule has 0 unspecified atom stereocenters. The Morgan fingerprint density at radius 1 is 0.897 bits per heavy atom.